The van der Waals surface area contributed by atoms with Crippen molar-refractivity contribution in [2.24, 2.45) is 0 Å². The number of carbonyl (C=O) groups excluding carboxylic acids is 3. The Bertz CT molecular complexity index is 1160. The van der Waals surface area contributed by atoms with Crippen molar-refractivity contribution in [3.8, 4) is 0 Å². The number of esters is 1. The van der Waals surface area contributed by atoms with Gasteiger partial charge in [-0.2, -0.15) is 4.31 Å². The zero-order chi connectivity index (χ0) is 25.4. The Morgan fingerprint density at radius 2 is 1.71 bits per heavy atom. The molecule has 9 nitrogen and oxygen atoms in total. The molecule has 1 fully saturated rings. The quantitative estimate of drug-likeness (QED) is 0.510. The largest absolute Gasteiger partial charge is 0.455 e. The first-order chi connectivity index (χ1) is 16.7. The summed E-state index contributed by atoms with van der Waals surface area (Å²) < 4.78 is 32.5. The number of piperidine rings is 1. The fourth-order valence-electron chi connectivity index (χ4n) is 3.89. The standard InChI is InChI=1S/C25H31N3O6S/c1-18-11-12-21(35(32,33)28-13-7-4-8-14-28)15-22(18)27-24(30)17-34-25(31)16-23(26-19(2)29)20-9-5-3-6-10-20/h3,5-6,9-12,15,23H,4,7-8,13-14,16-17H2,1-2H3,(H,26,29)(H,27,30)/t23-/m1/s1. The van der Waals surface area contributed by atoms with Crippen LogP contribution in [0.4, 0.5) is 5.69 Å². The molecule has 0 aromatic heterocycles. The van der Waals surface area contributed by atoms with Crippen molar-refractivity contribution < 1.29 is 27.5 Å². The summed E-state index contributed by atoms with van der Waals surface area (Å²) in [4.78, 5) is 36.4. The lowest BCUT2D eigenvalue weighted by Gasteiger charge is -2.26. The number of amides is 2. The van der Waals surface area contributed by atoms with Gasteiger partial charge in [0.2, 0.25) is 15.9 Å². The first-order valence-electron chi connectivity index (χ1n) is 11.5. The molecule has 35 heavy (non-hydrogen) atoms. The Labute approximate surface area is 205 Å². The average molecular weight is 502 g/mol. The zero-order valence-electron chi connectivity index (χ0n) is 20.0. The minimum Gasteiger partial charge on any atom is -0.455 e. The Hall–Kier alpha value is -3.24. The van der Waals surface area contributed by atoms with E-state index >= 15 is 0 Å². The molecule has 1 saturated heterocycles. The van der Waals surface area contributed by atoms with Crippen LogP contribution in [-0.4, -0.2) is 50.2 Å². The molecule has 1 aliphatic rings. The van der Waals surface area contributed by atoms with Gasteiger partial charge < -0.3 is 15.4 Å². The first kappa shape index (κ1) is 26.4. The van der Waals surface area contributed by atoms with Crippen LogP contribution in [0.1, 0.15) is 49.8 Å². The normalized spacial score (nSPS) is 15.1. The maximum Gasteiger partial charge on any atom is 0.308 e. The molecule has 3 rings (SSSR count). The van der Waals surface area contributed by atoms with E-state index in [1.54, 1.807) is 37.3 Å². The summed E-state index contributed by atoms with van der Waals surface area (Å²) in [5.41, 5.74) is 1.76. The highest BCUT2D eigenvalue weighted by atomic mass is 32.2. The number of carbonyl (C=O) groups is 3. The van der Waals surface area contributed by atoms with E-state index in [4.69, 9.17) is 4.74 Å². The molecule has 0 saturated carbocycles. The van der Waals surface area contributed by atoms with Gasteiger partial charge in [-0.3, -0.25) is 14.4 Å². The second kappa shape index (κ2) is 11.9. The SMILES string of the molecule is CC(=O)N[C@H](CC(=O)OCC(=O)Nc1cc(S(=O)(=O)N2CCCCC2)ccc1C)c1ccccc1. The summed E-state index contributed by atoms with van der Waals surface area (Å²) in [5, 5.41) is 5.34. The third-order valence-corrected chi connectivity index (χ3v) is 7.65. The van der Waals surface area contributed by atoms with Crippen molar-refractivity contribution in [3.63, 3.8) is 0 Å². The van der Waals surface area contributed by atoms with E-state index in [2.05, 4.69) is 10.6 Å². The highest BCUT2D eigenvalue weighted by Crippen LogP contribution is 2.25. The Kier molecular flexibility index (Phi) is 9.00. The molecule has 0 radical (unpaired) electrons. The summed E-state index contributed by atoms with van der Waals surface area (Å²) in [6.07, 6.45) is 2.52. The smallest absolute Gasteiger partial charge is 0.308 e. The molecular formula is C25H31N3O6S. The van der Waals surface area contributed by atoms with Gasteiger partial charge in [0, 0.05) is 25.7 Å². The van der Waals surface area contributed by atoms with Crippen LogP contribution in [0.25, 0.3) is 0 Å². The molecule has 1 atom stereocenters. The van der Waals surface area contributed by atoms with Gasteiger partial charge in [0.05, 0.1) is 17.4 Å². The molecule has 2 aromatic rings. The van der Waals surface area contributed by atoms with Gasteiger partial charge in [0.15, 0.2) is 6.61 Å². The lowest BCUT2D eigenvalue weighted by atomic mass is 10.0. The molecule has 0 bridgehead atoms. The van der Waals surface area contributed by atoms with Crippen molar-refractivity contribution in [1.82, 2.24) is 9.62 Å². The van der Waals surface area contributed by atoms with Gasteiger partial charge >= 0.3 is 5.97 Å². The average Bonchev–Trinajstić information content (AvgIpc) is 2.84. The van der Waals surface area contributed by atoms with E-state index < -0.39 is 34.5 Å². The molecular weight excluding hydrogens is 470 g/mol. The van der Waals surface area contributed by atoms with Crippen LogP contribution in [0, 0.1) is 6.92 Å². The maximum atomic E-state index is 13.0. The van der Waals surface area contributed by atoms with E-state index in [1.807, 2.05) is 6.07 Å². The van der Waals surface area contributed by atoms with Gasteiger partial charge in [-0.05, 0) is 43.0 Å². The summed E-state index contributed by atoms with van der Waals surface area (Å²) in [6, 6.07) is 13.0. The monoisotopic (exact) mass is 501 g/mol. The fourth-order valence-corrected chi connectivity index (χ4v) is 5.44. The molecule has 2 aromatic carbocycles. The van der Waals surface area contributed by atoms with Crippen LogP contribution in [0.2, 0.25) is 0 Å². The summed E-state index contributed by atoms with van der Waals surface area (Å²) in [6.45, 7) is 3.53. The highest BCUT2D eigenvalue weighted by Gasteiger charge is 2.26. The van der Waals surface area contributed by atoms with E-state index in [1.165, 1.54) is 23.4 Å². The summed E-state index contributed by atoms with van der Waals surface area (Å²) in [7, 11) is -3.65. The van der Waals surface area contributed by atoms with Gasteiger partial charge in [0.1, 0.15) is 0 Å². The van der Waals surface area contributed by atoms with Gasteiger partial charge in [-0.1, -0.05) is 42.8 Å². The number of anilines is 1. The minimum atomic E-state index is -3.65. The van der Waals surface area contributed by atoms with Crippen LogP contribution in [0.3, 0.4) is 0 Å². The molecule has 2 amide bonds. The zero-order valence-corrected chi connectivity index (χ0v) is 20.8. The molecule has 0 spiro atoms. The van der Waals surface area contributed by atoms with E-state index in [0.29, 0.717) is 24.3 Å². The maximum absolute atomic E-state index is 13.0. The Balaban J connectivity index is 1.60. The molecule has 1 aliphatic heterocycles. The number of benzene rings is 2. The van der Waals surface area contributed by atoms with E-state index in [9.17, 15) is 22.8 Å². The van der Waals surface area contributed by atoms with E-state index in [0.717, 1.165) is 24.8 Å². The number of rotatable bonds is 9. The highest BCUT2D eigenvalue weighted by molar-refractivity contribution is 7.89. The minimum absolute atomic E-state index is 0.110. The molecule has 0 aliphatic carbocycles. The fraction of sp³-hybridized carbons (Fsp3) is 0.400. The van der Waals surface area contributed by atoms with Crippen molar-refractivity contribution in [2.45, 2.75) is 50.5 Å². The molecule has 0 unspecified atom stereocenters. The van der Waals surface area contributed by atoms with Crippen molar-refractivity contribution in [2.75, 3.05) is 25.0 Å². The molecule has 188 valence electrons. The lowest BCUT2D eigenvalue weighted by Crippen LogP contribution is -2.35. The van der Waals surface area contributed by atoms with Crippen molar-refractivity contribution in [1.29, 1.82) is 0 Å². The second-order valence-electron chi connectivity index (χ2n) is 8.52. The van der Waals surface area contributed by atoms with Crippen LogP contribution in [0.5, 0.6) is 0 Å². The predicted molar refractivity (Wildman–Crippen MR) is 131 cm³/mol. The lowest BCUT2D eigenvalue weighted by molar-refractivity contribution is -0.148. The number of aryl methyl sites for hydroxylation is 1. The summed E-state index contributed by atoms with van der Waals surface area (Å²) >= 11 is 0. The van der Waals surface area contributed by atoms with Gasteiger partial charge in [0.25, 0.3) is 5.91 Å². The topological polar surface area (TPSA) is 122 Å². The number of ether oxygens (including phenoxy) is 1. The Morgan fingerprint density at radius 1 is 1.03 bits per heavy atom. The third kappa shape index (κ3) is 7.37. The Morgan fingerprint density at radius 3 is 2.37 bits per heavy atom. The predicted octanol–water partition coefficient (Wildman–Crippen LogP) is 2.92. The number of nitrogens with zero attached hydrogens (tertiary/aromatic N) is 1. The molecule has 10 heteroatoms. The van der Waals surface area contributed by atoms with Crippen LogP contribution < -0.4 is 10.6 Å². The second-order valence-corrected chi connectivity index (χ2v) is 10.5. The van der Waals surface area contributed by atoms with Crippen molar-refractivity contribution in [3.05, 3.63) is 59.7 Å². The van der Waals surface area contributed by atoms with Gasteiger partial charge in [-0.25, -0.2) is 8.42 Å². The number of nitrogens with one attached hydrogen (secondary N) is 2. The van der Waals surface area contributed by atoms with Crippen LogP contribution in [0.15, 0.2) is 53.4 Å². The number of hydrogen-bond acceptors (Lipinski definition) is 6. The van der Waals surface area contributed by atoms with Crippen LogP contribution in [-0.2, 0) is 29.1 Å². The molecule has 2 N–H and O–H groups in total. The van der Waals surface area contributed by atoms with Gasteiger partial charge in [-0.15, -0.1) is 0 Å². The summed E-state index contributed by atoms with van der Waals surface area (Å²) in [5.74, 6) is -1.54. The number of sulfonamides is 1. The van der Waals surface area contributed by atoms with E-state index in [-0.39, 0.29) is 17.2 Å². The molecule has 1 heterocycles. The van der Waals surface area contributed by atoms with Crippen LogP contribution >= 0.6 is 0 Å². The first-order valence-corrected chi connectivity index (χ1v) is 13.0. The van der Waals surface area contributed by atoms with Crippen molar-refractivity contribution >= 4 is 33.5 Å². The third-order valence-electron chi connectivity index (χ3n) is 5.75. The number of hydrogen-bond donors (Lipinski definition) is 2.